The van der Waals surface area contributed by atoms with E-state index in [-0.39, 0.29) is 18.2 Å². The molecule has 1 atom stereocenters. The van der Waals surface area contributed by atoms with E-state index >= 15 is 0 Å². The number of aliphatic hydroxyl groups excluding tert-OH is 1. The summed E-state index contributed by atoms with van der Waals surface area (Å²) in [6, 6.07) is 20.9. The van der Waals surface area contributed by atoms with Crippen molar-refractivity contribution in [1.29, 1.82) is 5.26 Å². The maximum atomic E-state index is 13.7. The van der Waals surface area contributed by atoms with Crippen LogP contribution in [0.2, 0.25) is 0 Å². The first-order valence-corrected chi connectivity index (χ1v) is 9.56. The first-order valence-electron chi connectivity index (χ1n) is 9.56. The zero-order valence-corrected chi connectivity index (χ0v) is 16.0. The summed E-state index contributed by atoms with van der Waals surface area (Å²) in [5.74, 6) is -0.181. The smallest absolute Gasteiger partial charge is 0.129 e. The third-order valence-corrected chi connectivity index (χ3v) is 5.37. The standard InChI is InChI=1S/C24H19F2N3O/c25-20-8-4-18(5-9-20)24(19-6-10-21(26)11-7-19)22(12-13-30)28-23(29-24)17-3-1-2-16(14-17)15-27/h1-11,14,22,30H,12-13H2,(H,28,29). The summed E-state index contributed by atoms with van der Waals surface area (Å²) in [4.78, 5) is 4.82. The van der Waals surface area contributed by atoms with Crippen LogP contribution in [0.5, 0.6) is 0 Å². The van der Waals surface area contributed by atoms with E-state index in [9.17, 15) is 19.1 Å². The van der Waals surface area contributed by atoms with Crippen LogP contribution in [0.3, 0.4) is 0 Å². The Kier molecular flexibility index (Phi) is 5.30. The largest absolute Gasteiger partial charge is 0.396 e. The SMILES string of the molecule is N#Cc1cccc(C2=NC(CCO)C(c3ccc(F)cc3)(c3ccc(F)cc3)N2)c1. The molecule has 2 N–H and O–H groups in total. The lowest BCUT2D eigenvalue weighted by Crippen LogP contribution is -2.49. The topological polar surface area (TPSA) is 68.4 Å². The number of rotatable bonds is 5. The molecule has 4 rings (SSSR count). The molecule has 30 heavy (non-hydrogen) atoms. The molecule has 0 saturated carbocycles. The third-order valence-electron chi connectivity index (χ3n) is 5.37. The molecule has 6 heteroatoms. The van der Waals surface area contributed by atoms with E-state index in [1.165, 1.54) is 24.3 Å². The number of benzene rings is 3. The van der Waals surface area contributed by atoms with E-state index in [1.54, 1.807) is 42.5 Å². The molecule has 4 nitrogen and oxygen atoms in total. The van der Waals surface area contributed by atoms with Gasteiger partial charge in [0, 0.05) is 12.2 Å². The molecular weight excluding hydrogens is 384 g/mol. The highest BCUT2D eigenvalue weighted by Gasteiger charge is 2.47. The molecule has 0 radical (unpaired) electrons. The van der Waals surface area contributed by atoms with Crippen LogP contribution in [0.1, 0.15) is 28.7 Å². The van der Waals surface area contributed by atoms with Gasteiger partial charge in [0.05, 0.1) is 17.7 Å². The van der Waals surface area contributed by atoms with Gasteiger partial charge in [0.15, 0.2) is 0 Å². The van der Waals surface area contributed by atoms with Gasteiger partial charge < -0.3 is 10.4 Å². The van der Waals surface area contributed by atoms with Gasteiger partial charge in [-0.05, 0) is 53.9 Å². The molecule has 0 bridgehead atoms. The van der Waals surface area contributed by atoms with E-state index in [4.69, 9.17) is 4.99 Å². The Bertz CT molecular complexity index is 1070. The fourth-order valence-electron chi connectivity index (χ4n) is 3.96. The molecule has 0 saturated heterocycles. The minimum absolute atomic E-state index is 0.106. The normalized spacial score (nSPS) is 17.1. The fourth-order valence-corrected chi connectivity index (χ4v) is 3.96. The predicted octanol–water partition coefficient (Wildman–Crippen LogP) is 3.88. The van der Waals surface area contributed by atoms with Crippen molar-refractivity contribution < 1.29 is 13.9 Å². The Hall–Kier alpha value is -3.56. The molecule has 3 aromatic rings. The Labute approximate surface area is 173 Å². The Morgan fingerprint density at radius 2 is 1.57 bits per heavy atom. The summed E-state index contributed by atoms with van der Waals surface area (Å²) >= 11 is 0. The Morgan fingerprint density at radius 3 is 2.10 bits per heavy atom. The van der Waals surface area contributed by atoms with Gasteiger partial charge in [-0.25, -0.2) is 8.78 Å². The second kappa shape index (κ2) is 8.05. The Balaban J connectivity index is 1.89. The summed E-state index contributed by atoms with van der Waals surface area (Å²) in [7, 11) is 0. The second-order valence-corrected chi connectivity index (χ2v) is 7.15. The molecule has 0 aliphatic carbocycles. The summed E-state index contributed by atoms with van der Waals surface area (Å²) in [5.41, 5.74) is 1.77. The number of nitrogens with one attached hydrogen (secondary N) is 1. The van der Waals surface area contributed by atoms with Crippen LogP contribution in [0.4, 0.5) is 8.78 Å². The summed E-state index contributed by atoms with van der Waals surface area (Å²) in [6.45, 7) is -0.106. The maximum Gasteiger partial charge on any atom is 0.129 e. The van der Waals surface area contributed by atoms with Crippen molar-refractivity contribution in [1.82, 2.24) is 5.32 Å². The molecule has 0 amide bonds. The van der Waals surface area contributed by atoms with Gasteiger partial charge in [-0.2, -0.15) is 5.26 Å². The van der Waals surface area contributed by atoms with Crippen molar-refractivity contribution in [3.63, 3.8) is 0 Å². The first-order chi connectivity index (χ1) is 14.6. The Morgan fingerprint density at radius 1 is 0.967 bits per heavy atom. The highest BCUT2D eigenvalue weighted by molar-refractivity contribution is 6.01. The molecule has 1 aliphatic rings. The van der Waals surface area contributed by atoms with Crippen molar-refractivity contribution in [2.24, 2.45) is 4.99 Å². The van der Waals surface area contributed by atoms with Crippen molar-refractivity contribution in [3.05, 3.63) is 107 Å². The predicted molar refractivity (Wildman–Crippen MR) is 110 cm³/mol. The average Bonchev–Trinajstić information content (AvgIpc) is 3.15. The van der Waals surface area contributed by atoms with Gasteiger partial charge in [0.25, 0.3) is 0 Å². The molecule has 1 heterocycles. The van der Waals surface area contributed by atoms with Crippen LogP contribution in [0.25, 0.3) is 0 Å². The van der Waals surface area contributed by atoms with Crippen LogP contribution < -0.4 is 5.32 Å². The second-order valence-electron chi connectivity index (χ2n) is 7.15. The lowest BCUT2D eigenvalue weighted by molar-refractivity contribution is 0.253. The summed E-state index contributed by atoms with van der Waals surface area (Å²) in [5, 5.41) is 22.4. The summed E-state index contributed by atoms with van der Waals surface area (Å²) in [6.07, 6.45) is 0.337. The van der Waals surface area contributed by atoms with Crippen LogP contribution in [0, 0.1) is 23.0 Å². The quantitative estimate of drug-likeness (QED) is 0.679. The highest BCUT2D eigenvalue weighted by atomic mass is 19.1. The molecule has 150 valence electrons. The zero-order valence-electron chi connectivity index (χ0n) is 16.0. The number of hydrogen-bond donors (Lipinski definition) is 2. The minimum atomic E-state index is -0.928. The van der Waals surface area contributed by atoms with Gasteiger partial charge in [-0.15, -0.1) is 0 Å². The van der Waals surface area contributed by atoms with Gasteiger partial charge in [-0.3, -0.25) is 4.99 Å². The third kappa shape index (κ3) is 3.44. The highest BCUT2D eigenvalue weighted by Crippen LogP contribution is 2.40. The van der Waals surface area contributed by atoms with Crippen LogP contribution in [-0.2, 0) is 5.54 Å². The molecule has 1 unspecified atom stereocenters. The number of halogens is 2. The molecular formula is C24H19F2N3O. The van der Waals surface area contributed by atoms with E-state index in [0.717, 1.165) is 16.7 Å². The van der Waals surface area contributed by atoms with E-state index < -0.39 is 11.6 Å². The first kappa shape index (κ1) is 19.7. The van der Waals surface area contributed by atoms with Crippen molar-refractivity contribution in [2.45, 2.75) is 18.0 Å². The van der Waals surface area contributed by atoms with Crippen molar-refractivity contribution in [3.8, 4) is 6.07 Å². The van der Waals surface area contributed by atoms with Crippen molar-refractivity contribution >= 4 is 5.84 Å². The zero-order chi connectivity index (χ0) is 21.1. The van der Waals surface area contributed by atoms with Gasteiger partial charge in [-0.1, -0.05) is 36.4 Å². The number of aliphatic imine (C=N–C) groups is 1. The molecule has 1 aliphatic heterocycles. The van der Waals surface area contributed by atoms with Crippen molar-refractivity contribution in [2.75, 3.05) is 6.61 Å². The monoisotopic (exact) mass is 403 g/mol. The van der Waals surface area contributed by atoms with E-state index in [2.05, 4.69) is 11.4 Å². The van der Waals surface area contributed by atoms with Gasteiger partial charge >= 0.3 is 0 Å². The lowest BCUT2D eigenvalue weighted by Gasteiger charge is -2.36. The summed E-state index contributed by atoms with van der Waals surface area (Å²) < 4.78 is 27.3. The van der Waals surface area contributed by atoms with Gasteiger partial charge in [0.1, 0.15) is 23.0 Å². The van der Waals surface area contributed by atoms with E-state index in [0.29, 0.717) is 17.8 Å². The number of amidine groups is 1. The molecule has 0 aromatic heterocycles. The van der Waals surface area contributed by atoms with Crippen LogP contribution >= 0.6 is 0 Å². The maximum absolute atomic E-state index is 13.7. The van der Waals surface area contributed by atoms with Crippen LogP contribution in [-0.4, -0.2) is 23.6 Å². The number of nitrogens with zero attached hydrogens (tertiary/aromatic N) is 2. The number of aliphatic hydroxyl groups is 1. The fraction of sp³-hybridized carbons (Fsp3) is 0.167. The van der Waals surface area contributed by atoms with Gasteiger partial charge in [0.2, 0.25) is 0 Å². The van der Waals surface area contributed by atoms with Crippen LogP contribution in [0.15, 0.2) is 77.8 Å². The molecule has 3 aromatic carbocycles. The minimum Gasteiger partial charge on any atom is -0.396 e. The average molecular weight is 403 g/mol. The lowest BCUT2D eigenvalue weighted by atomic mass is 9.76. The number of hydrogen-bond acceptors (Lipinski definition) is 4. The van der Waals surface area contributed by atoms with E-state index in [1.807, 2.05) is 6.07 Å². The molecule has 0 fully saturated rings. The molecule has 0 spiro atoms. The number of nitriles is 1.